The van der Waals surface area contributed by atoms with Crippen molar-refractivity contribution in [3.8, 4) is 5.75 Å². The van der Waals surface area contributed by atoms with Gasteiger partial charge in [0, 0.05) is 32.6 Å². The van der Waals surface area contributed by atoms with Gasteiger partial charge in [0.2, 0.25) is 0 Å². The highest BCUT2D eigenvalue weighted by atomic mass is 16.3. The van der Waals surface area contributed by atoms with Gasteiger partial charge in [-0.3, -0.25) is 4.90 Å². The number of benzene rings is 1. The van der Waals surface area contributed by atoms with E-state index in [1.807, 2.05) is 19.1 Å². The Kier molecular flexibility index (Phi) is 4.13. The number of likely N-dealkylation sites (N-methyl/N-ethyl adjacent to an activating group) is 1. The molecule has 19 heavy (non-hydrogen) atoms. The topological polar surface area (TPSA) is 52.7 Å². The van der Waals surface area contributed by atoms with Gasteiger partial charge in [-0.15, -0.1) is 0 Å². The molecule has 1 unspecified atom stereocenters. The van der Waals surface area contributed by atoms with E-state index >= 15 is 0 Å². The maximum Gasteiger partial charge on any atom is 0.118 e. The van der Waals surface area contributed by atoms with Gasteiger partial charge in [0.1, 0.15) is 5.75 Å². The first-order valence-electron chi connectivity index (χ1n) is 6.89. The van der Waals surface area contributed by atoms with Gasteiger partial charge in [0.15, 0.2) is 0 Å². The average Bonchev–Trinajstić information content (AvgIpc) is 2.34. The van der Waals surface area contributed by atoms with Crippen molar-refractivity contribution in [1.29, 1.82) is 0 Å². The van der Waals surface area contributed by atoms with E-state index in [0.717, 1.165) is 37.3 Å². The highest BCUT2D eigenvalue weighted by Crippen LogP contribution is 2.24. The molecule has 1 atom stereocenters. The van der Waals surface area contributed by atoms with Gasteiger partial charge in [-0.1, -0.05) is 17.7 Å². The Balaban J connectivity index is 2.09. The molecule has 1 aromatic carbocycles. The van der Waals surface area contributed by atoms with Gasteiger partial charge < -0.3 is 15.7 Å². The Bertz CT molecular complexity index is 437. The monoisotopic (exact) mass is 263 g/mol. The predicted octanol–water partition coefficient (Wildman–Crippen LogP) is 1.17. The third kappa shape index (κ3) is 3.47. The van der Waals surface area contributed by atoms with Crippen LogP contribution in [-0.2, 0) is 6.42 Å². The summed E-state index contributed by atoms with van der Waals surface area (Å²) in [5.41, 5.74) is 8.16. The summed E-state index contributed by atoms with van der Waals surface area (Å²) in [7, 11) is 2.14. The summed E-state index contributed by atoms with van der Waals surface area (Å²) in [5.74, 6) is 0.344. The number of phenolic OH excluding ortho intramolecular Hbond substituents is 1. The Hall–Kier alpha value is -1.10. The highest BCUT2D eigenvalue weighted by Gasteiger charge is 2.30. The first-order chi connectivity index (χ1) is 8.88. The molecule has 1 heterocycles. The van der Waals surface area contributed by atoms with Gasteiger partial charge in [-0.05, 0) is 32.5 Å². The summed E-state index contributed by atoms with van der Waals surface area (Å²) < 4.78 is 0. The summed E-state index contributed by atoms with van der Waals surface area (Å²) in [4.78, 5) is 4.63. The lowest BCUT2D eigenvalue weighted by atomic mass is 9.97. The number of aryl methyl sites for hydroxylation is 1. The number of nitrogens with zero attached hydrogens (tertiary/aromatic N) is 2. The summed E-state index contributed by atoms with van der Waals surface area (Å²) in [6.07, 6.45) is 0.671. The van der Waals surface area contributed by atoms with Crippen LogP contribution in [0.25, 0.3) is 0 Å². The first kappa shape index (κ1) is 14.3. The molecule has 1 saturated heterocycles. The molecule has 0 bridgehead atoms. The lowest BCUT2D eigenvalue weighted by Gasteiger charge is -2.43. The average molecular weight is 263 g/mol. The lowest BCUT2D eigenvalue weighted by molar-refractivity contribution is 0.0543. The maximum absolute atomic E-state index is 9.96. The van der Waals surface area contributed by atoms with Crippen molar-refractivity contribution in [2.45, 2.75) is 25.9 Å². The number of nitrogens with two attached hydrogens (primary N) is 1. The lowest BCUT2D eigenvalue weighted by Crippen LogP contribution is -2.60. The molecule has 3 N–H and O–H groups in total. The first-order valence-corrected chi connectivity index (χ1v) is 6.89. The van der Waals surface area contributed by atoms with Gasteiger partial charge in [-0.2, -0.15) is 0 Å². The third-order valence-corrected chi connectivity index (χ3v) is 4.01. The molecule has 4 heteroatoms. The molecule has 1 fully saturated rings. The predicted molar refractivity (Wildman–Crippen MR) is 78.2 cm³/mol. The normalized spacial score (nSPS) is 21.3. The van der Waals surface area contributed by atoms with E-state index in [1.165, 1.54) is 0 Å². The number of hydrogen-bond acceptors (Lipinski definition) is 4. The molecular weight excluding hydrogens is 238 g/mol. The van der Waals surface area contributed by atoms with Gasteiger partial charge in [0.05, 0.1) is 5.66 Å². The second-order valence-electron chi connectivity index (χ2n) is 5.96. The quantitative estimate of drug-likeness (QED) is 0.859. The number of aromatic hydroxyl groups is 1. The number of hydrogen-bond donors (Lipinski definition) is 2. The fraction of sp³-hybridized carbons (Fsp3) is 0.600. The van der Waals surface area contributed by atoms with Crippen LogP contribution in [-0.4, -0.2) is 53.8 Å². The van der Waals surface area contributed by atoms with Gasteiger partial charge in [-0.25, -0.2) is 0 Å². The van der Waals surface area contributed by atoms with Crippen molar-refractivity contribution in [2.75, 3.05) is 33.2 Å². The number of phenols is 1. The summed E-state index contributed by atoms with van der Waals surface area (Å²) in [6.45, 7) is 8.15. The zero-order chi connectivity index (χ0) is 14.0. The minimum absolute atomic E-state index is 0.344. The van der Waals surface area contributed by atoms with Crippen molar-refractivity contribution in [3.63, 3.8) is 0 Å². The van der Waals surface area contributed by atoms with Crippen molar-refractivity contribution in [2.24, 2.45) is 5.73 Å². The summed E-state index contributed by atoms with van der Waals surface area (Å²) in [5, 5.41) is 9.96. The Morgan fingerprint density at radius 1 is 1.26 bits per heavy atom. The Morgan fingerprint density at radius 3 is 2.53 bits per heavy atom. The van der Waals surface area contributed by atoms with Crippen molar-refractivity contribution >= 4 is 0 Å². The molecule has 106 valence electrons. The molecule has 0 spiro atoms. The van der Waals surface area contributed by atoms with E-state index in [1.54, 1.807) is 6.07 Å². The van der Waals surface area contributed by atoms with E-state index < -0.39 is 5.66 Å². The molecule has 0 aromatic heterocycles. The van der Waals surface area contributed by atoms with Gasteiger partial charge in [0.25, 0.3) is 0 Å². The van der Waals surface area contributed by atoms with Gasteiger partial charge >= 0.3 is 0 Å². The Labute approximate surface area is 115 Å². The second-order valence-corrected chi connectivity index (χ2v) is 5.96. The van der Waals surface area contributed by atoms with E-state index in [4.69, 9.17) is 5.73 Å². The molecule has 0 radical (unpaired) electrons. The van der Waals surface area contributed by atoms with Crippen molar-refractivity contribution < 1.29 is 5.11 Å². The summed E-state index contributed by atoms with van der Waals surface area (Å²) in [6, 6.07) is 5.70. The molecule has 4 nitrogen and oxygen atoms in total. The summed E-state index contributed by atoms with van der Waals surface area (Å²) >= 11 is 0. The zero-order valence-corrected chi connectivity index (χ0v) is 12.2. The Morgan fingerprint density at radius 2 is 1.89 bits per heavy atom. The highest BCUT2D eigenvalue weighted by molar-refractivity contribution is 5.36. The third-order valence-electron chi connectivity index (χ3n) is 4.01. The minimum Gasteiger partial charge on any atom is -0.508 e. The molecule has 0 saturated carbocycles. The van der Waals surface area contributed by atoms with Crippen LogP contribution in [0.4, 0.5) is 0 Å². The van der Waals surface area contributed by atoms with Crippen molar-refractivity contribution in [1.82, 2.24) is 9.80 Å². The zero-order valence-electron chi connectivity index (χ0n) is 12.2. The van der Waals surface area contributed by atoms with E-state index in [2.05, 4.69) is 23.8 Å². The van der Waals surface area contributed by atoms with Crippen LogP contribution in [0.15, 0.2) is 18.2 Å². The van der Waals surface area contributed by atoms with Crippen LogP contribution < -0.4 is 5.73 Å². The van der Waals surface area contributed by atoms with Crippen molar-refractivity contribution in [3.05, 3.63) is 29.3 Å². The number of rotatable bonds is 3. The number of piperazine rings is 1. The standard InChI is InChI=1S/C15H25N3O/c1-12-4-5-14(19)13(10-12)11-15(2,16)18-8-6-17(3)7-9-18/h4-5,10,19H,6-9,11,16H2,1-3H3. The fourth-order valence-electron chi connectivity index (χ4n) is 2.67. The molecule has 0 aliphatic carbocycles. The van der Waals surface area contributed by atoms with Crippen LogP contribution in [0.1, 0.15) is 18.1 Å². The van der Waals surface area contributed by atoms with Crippen LogP contribution >= 0.6 is 0 Å². The van der Waals surface area contributed by atoms with Crippen LogP contribution in [0.3, 0.4) is 0 Å². The smallest absolute Gasteiger partial charge is 0.118 e. The maximum atomic E-state index is 9.96. The molecule has 1 aromatic rings. The van der Waals surface area contributed by atoms with E-state index in [-0.39, 0.29) is 0 Å². The second kappa shape index (κ2) is 5.49. The van der Waals surface area contributed by atoms with E-state index in [0.29, 0.717) is 12.2 Å². The SMILES string of the molecule is Cc1ccc(O)c(CC(C)(N)N2CCN(C)CC2)c1. The molecular formula is C15H25N3O. The molecule has 2 rings (SSSR count). The van der Waals surface area contributed by atoms with E-state index in [9.17, 15) is 5.11 Å². The van der Waals surface area contributed by atoms with Crippen LogP contribution in [0.2, 0.25) is 0 Å². The van der Waals surface area contributed by atoms with Crippen LogP contribution in [0.5, 0.6) is 5.75 Å². The fourth-order valence-corrected chi connectivity index (χ4v) is 2.67. The largest absolute Gasteiger partial charge is 0.508 e. The molecule has 1 aliphatic rings. The van der Waals surface area contributed by atoms with Crippen LogP contribution in [0, 0.1) is 6.92 Å². The minimum atomic E-state index is -0.410. The molecule has 0 amide bonds. The molecule has 1 aliphatic heterocycles.